The maximum absolute atomic E-state index is 11.3. The van der Waals surface area contributed by atoms with Crippen molar-refractivity contribution in [1.29, 1.82) is 0 Å². The molecule has 1 saturated heterocycles. The molecule has 10 heteroatoms. The maximum Gasteiger partial charge on any atom is 0.339 e. The quantitative estimate of drug-likeness (QED) is 0.273. The van der Waals surface area contributed by atoms with E-state index in [1.165, 1.54) is 19.6 Å². The number of methoxy groups -OCH3 is 2. The number of aromatic nitrogens is 1. The van der Waals surface area contributed by atoms with E-state index in [1.54, 1.807) is 25.4 Å². The average molecular weight is 526 g/mol. The van der Waals surface area contributed by atoms with Gasteiger partial charge in [0.15, 0.2) is 18.0 Å². The second kappa shape index (κ2) is 11.7. The zero-order valence-corrected chi connectivity index (χ0v) is 22.2. The maximum atomic E-state index is 11.3. The van der Waals surface area contributed by atoms with E-state index in [9.17, 15) is 9.90 Å². The molecule has 1 atom stereocenters. The molecule has 0 radical (unpaired) electrons. The summed E-state index contributed by atoms with van der Waals surface area (Å²) >= 11 is 0. The Hall–Kier alpha value is -3.76. The van der Waals surface area contributed by atoms with Crippen LogP contribution < -0.4 is 24.8 Å². The van der Waals surface area contributed by atoms with Crippen LogP contribution >= 0.6 is 0 Å². The summed E-state index contributed by atoms with van der Waals surface area (Å²) in [5.74, 6) is 0.280. The van der Waals surface area contributed by atoms with E-state index in [0.29, 0.717) is 36.9 Å². The summed E-state index contributed by atoms with van der Waals surface area (Å²) in [5, 5.41) is 16.5. The molecule has 0 bridgehead atoms. The summed E-state index contributed by atoms with van der Waals surface area (Å²) in [5.41, 5.74) is 1.39. The second-order valence-electron chi connectivity index (χ2n) is 9.81. The van der Waals surface area contributed by atoms with Gasteiger partial charge in [-0.25, -0.2) is 9.78 Å². The van der Waals surface area contributed by atoms with Crippen LogP contribution in [0.3, 0.4) is 0 Å². The normalized spacial score (nSPS) is 17.6. The molecule has 1 aliphatic rings. The molecular weight excluding hydrogens is 490 g/mol. The first-order valence-corrected chi connectivity index (χ1v) is 12.6. The molecule has 10 nitrogen and oxygen atoms in total. The Morgan fingerprint density at radius 2 is 1.95 bits per heavy atom. The van der Waals surface area contributed by atoms with Gasteiger partial charge in [0.05, 0.1) is 39.2 Å². The van der Waals surface area contributed by atoms with Crippen LogP contribution in [0.4, 0.5) is 5.69 Å². The van der Waals surface area contributed by atoms with Crippen molar-refractivity contribution in [2.75, 3.05) is 32.8 Å². The monoisotopic (exact) mass is 525 g/mol. The van der Waals surface area contributed by atoms with Crippen molar-refractivity contribution in [3.05, 3.63) is 54.6 Å². The topological polar surface area (TPSA) is 124 Å². The van der Waals surface area contributed by atoms with E-state index in [0.717, 1.165) is 30.5 Å². The van der Waals surface area contributed by atoms with Crippen LogP contribution in [0.25, 0.3) is 11.3 Å². The van der Waals surface area contributed by atoms with Crippen LogP contribution in [0.15, 0.2) is 53.4 Å². The Morgan fingerprint density at radius 1 is 1.13 bits per heavy atom. The Balaban J connectivity index is 1.44. The Kier molecular flexibility index (Phi) is 8.43. The summed E-state index contributed by atoms with van der Waals surface area (Å²) in [7, 11) is 3.06. The summed E-state index contributed by atoms with van der Waals surface area (Å²) in [6, 6.07) is 10.5. The molecule has 3 N–H and O–H groups in total. The Bertz CT molecular complexity index is 1220. The van der Waals surface area contributed by atoms with Crippen molar-refractivity contribution in [3.63, 3.8) is 0 Å². The number of aromatic carboxylic acids is 1. The molecule has 0 amide bonds. The first-order chi connectivity index (χ1) is 18.2. The van der Waals surface area contributed by atoms with Crippen LogP contribution in [0.5, 0.6) is 17.2 Å². The lowest BCUT2D eigenvalue weighted by atomic mass is 9.98. The van der Waals surface area contributed by atoms with Crippen molar-refractivity contribution in [2.24, 2.45) is 0 Å². The minimum absolute atomic E-state index is 0.0924. The number of hydrogen-bond donors (Lipinski definition) is 3. The molecular formula is C28H35N3O7. The van der Waals surface area contributed by atoms with Crippen LogP contribution in [0, 0.1) is 0 Å². The Morgan fingerprint density at radius 3 is 2.61 bits per heavy atom. The fraction of sp³-hybridized carbons (Fsp3) is 0.429. The summed E-state index contributed by atoms with van der Waals surface area (Å²) in [4.78, 5) is 15.3. The van der Waals surface area contributed by atoms with Crippen molar-refractivity contribution in [2.45, 2.75) is 50.9 Å². The molecule has 2 heterocycles. The Labute approximate surface area is 222 Å². The van der Waals surface area contributed by atoms with Crippen LogP contribution in [-0.2, 0) is 4.74 Å². The fourth-order valence-electron chi connectivity index (χ4n) is 4.55. The van der Waals surface area contributed by atoms with Crippen LogP contribution in [0.1, 0.15) is 49.9 Å². The van der Waals surface area contributed by atoms with E-state index in [4.69, 9.17) is 23.4 Å². The second-order valence-corrected chi connectivity index (χ2v) is 9.81. The summed E-state index contributed by atoms with van der Waals surface area (Å²) in [6.07, 6.45) is 6.49. The van der Waals surface area contributed by atoms with Crippen molar-refractivity contribution in [3.8, 4) is 28.6 Å². The minimum atomic E-state index is -1.05. The molecule has 4 rings (SSSR count). The van der Waals surface area contributed by atoms with Gasteiger partial charge >= 0.3 is 5.97 Å². The first-order valence-electron chi connectivity index (χ1n) is 12.6. The zero-order chi connectivity index (χ0) is 27.2. The molecule has 1 fully saturated rings. The van der Waals surface area contributed by atoms with Gasteiger partial charge in [0.1, 0.15) is 22.8 Å². The molecule has 2 aromatic carbocycles. The molecule has 0 saturated carbocycles. The van der Waals surface area contributed by atoms with E-state index in [1.807, 2.05) is 18.2 Å². The number of carboxylic acid groups (broad SMARTS) is 1. The predicted molar refractivity (Wildman–Crippen MR) is 142 cm³/mol. The third-order valence-electron chi connectivity index (χ3n) is 6.46. The van der Waals surface area contributed by atoms with Gasteiger partial charge in [0, 0.05) is 29.8 Å². The number of nitrogens with one attached hydrogen (secondary N) is 2. The number of anilines is 1. The highest BCUT2D eigenvalue weighted by molar-refractivity contribution is 5.91. The number of oxazole rings is 1. The predicted octanol–water partition coefficient (Wildman–Crippen LogP) is 5.16. The van der Waals surface area contributed by atoms with Gasteiger partial charge in [0.25, 0.3) is 0 Å². The number of nitrogens with zero attached hydrogens (tertiary/aromatic N) is 1. The molecule has 38 heavy (non-hydrogen) atoms. The highest BCUT2D eigenvalue weighted by Gasteiger charge is 2.38. The number of carbonyl (C=O) groups is 1. The molecule has 1 aromatic heterocycles. The van der Waals surface area contributed by atoms with Crippen LogP contribution in [-0.4, -0.2) is 54.9 Å². The summed E-state index contributed by atoms with van der Waals surface area (Å²) in [6.45, 7) is 5.24. The lowest BCUT2D eigenvalue weighted by molar-refractivity contribution is -0.0971. The van der Waals surface area contributed by atoms with Gasteiger partial charge in [0.2, 0.25) is 0 Å². The van der Waals surface area contributed by atoms with Gasteiger partial charge in [-0.15, -0.1) is 0 Å². The minimum Gasteiger partial charge on any atom is -0.496 e. The molecule has 0 aliphatic carbocycles. The zero-order valence-electron chi connectivity index (χ0n) is 22.2. The van der Waals surface area contributed by atoms with Crippen molar-refractivity contribution >= 4 is 11.7 Å². The number of hydrogen-bond acceptors (Lipinski definition) is 9. The van der Waals surface area contributed by atoms with E-state index in [2.05, 4.69) is 29.5 Å². The lowest BCUT2D eigenvalue weighted by Gasteiger charge is -2.44. The average Bonchev–Trinajstić information content (AvgIpc) is 3.43. The number of benzene rings is 2. The molecule has 1 aliphatic heterocycles. The number of ether oxygens (including phenoxy) is 4. The smallest absolute Gasteiger partial charge is 0.339 e. The van der Waals surface area contributed by atoms with Crippen molar-refractivity contribution < 1.29 is 33.3 Å². The van der Waals surface area contributed by atoms with Crippen molar-refractivity contribution in [1.82, 2.24) is 10.3 Å². The van der Waals surface area contributed by atoms with Gasteiger partial charge < -0.3 is 33.8 Å². The van der Waals surface area contributed by atoms with Crippen LogP contribution in [0.2, 0.25) is 0 Å². The fourth-order valence-corrected chi connectivity index (χ4v) is 4.55. The number of rotatable bonds is 12. The third-order valence-corrected chi connectivity index (χ3v) is 6.46. The SMILES string of the molecule is COc1cc(OCCC(C)(C)NC2(Nc3ccc(-c4cnco4)c(OC)c3)CCCCO2)ccc1C(=O)O. The number of carboxylic acids is 1. The van der Waals surface area contributed by atoms with Gasteiger partial charge in [-0.1, -0.05) is 0 Å². The van der Waals surface area contributed by atoms with E-state index < -0.39 is 11.8 Å². The lowest BCUT2D eigenvalue weighted by Crippen LogP contribution is -2.62. The first kappa shape index (κ1) is 27.3. The summed E-state index contributed by atoms with van der Waals surface area (Å²) < 4.78 is 28.5. The van der Waals surface area contributed by atoms with E-state index in [-0.39, 0.29) is 16.9 Å². The largest absolute Gasteiger partial charge is 0.496 e. The molecule has 204 valence electrons. The highest BCUT2D eigenvalue weighted by atomic mass is 16.5. The van der Waals surface area contributed by atoms with Gasteiger partial charge in [-0.3, -0.25) is 5.32 Å². The van der Waals surface area contributed by atoms with Gasteiger partial charge in [-0.05, 0) is 57.4 Å². The molecule has 3 aromatic rings. The highest BCUT2D eigenvalue weighted by Crippen LogP contribution is 2.35. The standard InChI is InChI=1S/C28H35N3O7/c1-27(2,12-14-36-20-8-10-22(26(32)33)24(16-20)35-4)31-28(11-5-6-13-38-28)30-19-7-9-21(23(15-19)34-3)25-17-29-18-37-25/h7-10,15-18,30-31H,5-6,11-14H2,1-4H3,(H,32,33). The molecule has 1 unspecified atom stereocenters. The van der Waals surface area contributed by atoms with E-state index >= 15 is 0 Å². The molecule has 0 spiro atoms. The third kappa shape index (κ3) is 6.56. The van der Waals surface area contributed by atoms with Gasteiger partial charge in [-0.2, -0.15) is 0 Å².